The zero-order valence-corrected chi connectivity index (χ0v) is 16.2. The van der Waals surface area contributed by atoms with Gasteiger partial charge in [0.25, 0.3) is 10.2 Å². The van der Waals surface area contributed by atoms with Crippen LogP contribution in [0.4, 0.5) is 0 Å². The topological polar surface area (TPSA) is 70.2 Å². The normalized spacial score (nSPS) is 16.3. The van der Waals surface area contributed by atoms with Crippen molar-refractivity contribution in [3.05, 3.63) is 29.3 Å². The smallest absolute Gasteiger partial charge is 0.281 e. The second-order valence-corrected chi connectivity index (χ2v) is 8.58. The van der Waals surface area contributed by atoms with Crippen LogP contribution in [0.2, 0.25) is 0 Å². The molecular weight excluding hydrogens is 342 g/mol. The molecule has 1 aromatic rings. The van der Waals surface area contributed by atoms with E-state index in [2.05, 4.69) is 0 Å². The Hall–Kier alpha value is -1.64. The summed E-state index contributed by atoms with van der Waals surface area (Å²) in [6, 6.07) is 5.94. The van der Waals surface area contributed by atoms with E-state index >= 15 is 0 Å². The highest BCUT2D eigenvalue weighted by atomic mass is 32.2. The number of carbonyl (C=O) groups is 1. The first-order chi connectivity index (χ1) is 11.7. The van der Waals surface area contributed by atoms with Gasteiger partial charge in [0, 0.05) is 40.3 Å². The fraction of sp³-hybridized carbons (Fsp3) is 0.588. The molecule has 0 saturated carbocycles. The molecule has 1 saturated heterocycles. The summed E-state index contributed by atoms with van der Waals surface area (Å²) in [5.41, 5.74) is 2.22. The predicted octanol–water partition coefficient (Wildman–Crippen LogP) is 1.02. The van der Waals surface area contributed by atoms with Gasteiger partial charge in [-0.3, -0.25) is 4.79 Å². The van der Waals surface area contributed by atoms with Gasteiger partial charge in [0.05, 0.1) is 13.0 Å². The van der Waals surface area contributed by atoms with Crippen LogP contribution >= 0.6 is 0 Å². The standard InChI is InChI=1S/C17H27N3O4S/c1-14-5-6-16(15(2)13-14)24-12-7-17(21)19-8-10-20(11-9-19)25(22,23)18(3)4/h5-6,13H,7-12H2,1-4H3. The molecule has 0 aliphatic carbocycles. The predicted molar refractivity (Wildman–Crippen MR) is 96.8 cm³/mol. The molecule has 25 heavy (non-hydrogen) atoms. The summed E-state index contributed by atoms with van der Waals surface area (Å²) < 4.78 is 32.5. The Labute approximate surface area is 150 Å². The third-order valence-electron chi connectivity index (χ3n) is 4.28. The Balaban J connectivity index is 1.79. The Morgan fingerprint density at radius 3 is 2.36 bits per heavy atom. The number of amides is 1. The molecule has 1 amide bonds. The maximum absolute atomic E-state index is 12.3. The van der Waals surface area contributed by atoms with Gasteiger partial charge in [0.2, 0.25) is 5.91 Å². The summed E-state index contributed by atoms with van der Waals surface area (Å²) in [4.78, 5) is 14.0. The fourth-order valence-corrected chi connectivity index (χ4v) is 3.85. The van der Waals surface area contributed by atoms with Crippen molar-refractivity contribution in [3.8, 4) is 5.75 Å². The largest absolute Gasteiger partial charge is 0.493 e. The van der Waals surface area contributed by atoms with Crippen molar-refractivity contribution in [3.63, 3.8) is 0 Å². The van der Waals surface area contributed by atoms with Gasteiger partial charge in [-0.25, -0.2) is 0 Å². The minimum absolute atomic E-state index is 0.00772. The molecule has 0 radical (unpaired) electrons. The number of rotatable bonds is 6. The molecule has 2 rings (SSSR count). The molecule has 1 fully saturated rings. The maximum Gasteiger partial charge on any atom is 0.281 e. The summed E-state index contributed by atoms with van der Waals surface area (Å²) in [6.07, 6.45) is 0.285. The van der Waals surface area contributed by atoms with Gasteiger partial charge in [-0.05, 0) is 25.5 Å². The van der Waals surface area contributed by atoms with Crippen LogP contribution in [0, 0.1) is 13.8 Å². The summed E-state index contributed by atoms with van der Waals surface area (Å²) in [5.74, 6) is 0.784. The summed E-state index contributed by atoms with van der Waals surface area (Å²) in [5, 5.41) is 0. The SMILES string of the molecule is Cc1ccc(OCCC(=O)N2CCN(S(=O)(=O)N(C)C)CC2)c(C)c1. The lowest BCUT2D eigenvalue weighted by Gasteiger charge is -2.35. The molecule has 0 spiro atoms. The van der Waals surface area contributed by atoms with E-state index in [9.17, 15) is 13.2 Å². The van der Waals surface area contributed by atoms with Crippen molar-refractivity contribution in [2.75, 3.05) is 46.9 Å². The van der Waals surface area contributed by atoms with Gasteiger partial charge in [-0.1, -0.05) is 17.7 Å². The zero-order chi connectivity index (χ0) is 18.6. The molecule has 0 atom stereocenters. The highest BCUT2D eigenvalue weighted by Crippen LogP contribution is 2.19. The van der Waals surface area contributed by atoms with Crippen molar-refractivity contribution in [2.45, 2.75) is 20.3 Å². The van der Waals surface area contributed by atoms with Crippen LogP contribution < -0.4 is 4.74 Å². The molecule has 1 aliphatic rings. The van der Waals surface area contributed by atoms with Crippen molar-refractivity contribution in [1.29, 1.82) is 0 Å². The number of piperazine rings is 1. The van der Waals surface area contributed by atoms with Crippen LogP contribution in [0.25, 0.3) is 0 Å². The van der Waals surface area contributed by atoms with E-state index in [4.69, 9.17) is 4.74 Å². The summed E-state index contributed by atoms with van der Waals surface area (Å²) >= 11 is 0. The number of carbonyl (C=O) groups excluding carboxylic acids is 1. The van der Waals surface area contributed by atoms with Crippen molar-refractivity contribution >= 4 is 16.1 Å². The molecule has 8 heteroatoms. The maximum atomic E-state index is 12.3. The van der Waals surface area contributed by atoms with Gasteiger partial charge in [0.15, 0.2) is 0 Å². The van der Waals surface area contributed by atoms with E-state index in [0.717, 1.165) is 11.3 Å². The van der Waals surface area contributed by atoms with Crippen molar-refractivity contribution < 1.29 is 17.9 Å². The lowest BCUT2D eigenvalue weighted by atomic mass is 10.1. The van der Waals surface area contributed by atoms with Crippen molar-refractivity contribution in [2.24, 2.45) is 0 Å². The number of hydrogen-bond donors (Lipinski definition) is 0. The number of benzene rings is 1. The lowest BCUT2D eigenvalue weighted by Crippen LogP contribution is -2.53. The average molecular weight is 369 g/mol. The van der Waals surface area contributed by atoms with E-state index in [-0.39, 0.29) is 12.3 Å². The van der Waals surface area contributed by atoms with E-state index < -0.39 is 10.2 Å². The highest BCUT2D eigenvalue weighted by molar-refractivity contribution is 7.86. The van der Waals surface area contributed by atoms with E-state index in [1.807, 2.05) is 32.0 Å². The van der Waals surface area contributed by atoms with Gasteiger partial charge < -0.3 is 9.64 Å². The molecule has 1 aliphatic heterocycles. The number of nitrogens with zero attached hydrogens (tertiary/aromatic N) is 3. The molecule has 1 aromatic carbocycles. The van der Waals surface area contributed by atoms with Crippen LogP contribution in [0.3, 0.4) is 0 Å². The van der Waals surface area contributed by atoms with E-state index in [0.29, 0.717) is 32.8 Å². The minimum Gasteiger partial charge on any atom is -0.493 e. The van der Waals surface area contributed by atoms with Gasteiger partial charge in [-0.15, -0.1) is 0 Å². The second kappa shape index (κ2) is 8.16. The first-order valence-corrected chi connectivity index (χ1v) is 9.77. The summed E-state index contributed by atoms with van der Waals surface area (Å²) in [7, 11) is -0.384. The first kappa shape index (κ1) is 19.7. The zero-order valence-electron chi connectivity index (χ0n) is 15.4. The fourth-order valence-electron chi connectivity index (χ4n) is 2.77. The molecule has 0 N–H and O–H groups in total. The molecular formula is C17H27N3O4S. The van der Waals surface area contributed by atoms with Crippen molar-refractivity contribution in [1.82, 2.24) is 13.5 Å². The molecule has 0 aromatic heterocycles. The molecule has 140 valence electrons. The van der Waals surface area contributed by atoms with Gasteiger partial charge in [0.1, 0.15) is 5.75 Å². The van der Waals surface area contributed by atoms with Crippen LogP contribution in [0.1, 0.15) is 17.5 Å². The summed E-state index contributed by atoms with van der Waals surface area (Å²) in [6.45, 7) is 5.79. The quantitative estimate of drug-likeness (QED) is 0.751. The molecule has 0 unspecified atom stereocenters. The Morgan fingerprint density at radius 1 is 1.16 bits per heavy atom. The average Bonchev–Trinajstić information content (AvgIpc) is 2.56. The first-order valence-electron chi connectivity index (χ1n) is 8.37. The van der Waals surface area contributed by atoms with E-state index in [1.165, 1.54) is 28.3 Å². The molecule has 0 bridgehead atoms. The van der Waals surface area contributed by atoms with Crippen LogP contribution in [-0.2, 0) is 15.0 Å². The lowest BCUT2D eigenvalue weighted by molar-refractivity contribution is -0.132. The number of ether oxygens (including phenoxy) is 1. The number of aryl methyl sites for hydroxylation is 2. The molecule has 7 nitrogen and oxygen atoms in total. The second-order valence-electron chi connectivity index (χ2n) is 6.44. The van der Waals surface area contributed by atoms with Gasteiger partial charge >= 0.3 is 0 Å². The van der Waals surface area contributed by atoms with Crippen LogP contribution in [0.5, 0.6) is 5.75 Å². The van der Waals surface area contributed by atoms with Crippen LogP contribution in [-0.4, -0.2) is 74.7 Å². The third-order valence-corrected chi connectivity index (χ3v) is 6.22. The Bertz CT molecular complexity index is 711. The van der Waals surface area contributed by atoms with E-state index in [1.54, 1.807) is 4.90 Å². The Morgan fingerprint density at radius 2 is 1.80 bits per heavy atom. The monoisotopic (exact) mass is 369 g/mol. The van der Waals surface area contributed by atoms with Gasteiger partial charge in [-0.2, -0.15) is 17.0 Å². The third kappa shape index (κ3) is 4.93. The molecule has 1 heterocycles. The number of hydrogen-bond acceptors (Lipinski definition) is 4. The Kier molecular flexibility index (Phi) is 6.42. The highest BCUT2D eigenvalue weighted by Gasteiger charge is 2.29. The van der Waals surface area contributed by atoms with Crippen LogP contribution in [0.15, 0.2) is 18.2 Å². The minimum atomic E-state index is -3.41.